The molecule has 2 aliphatic rings. The van der Waals surface area contributed by atoms with Crippen molar-refractivity contribution in [3.05, 3.63) is 0 Å². The third kappa shape index (κ3) is 2.26. The first-order chi connectivity index (χ1) is 7.08. The van der Waals surface area contributed by atoms with Crippen molar-refractivity contribution in [3.63, 3.8) is 0 Å². The molecule has 15 heavy (non-hydrogen) atoms. The summed E-state index contributed by atoms with van der Waals surface area (Å²) in [6.45, 7) is 6.41. The smallest absolute Gasteiger partial charge is 0.136 e. The fourth-order valence-electron chi connectivity index (χ4n) is 3.44. The van der Waals surface area contributed by atoms with E-state index in [-0.39, 0.29) is 5.92 Å². The van der Waals surface area contributed by atoms with Crippen LogP contribution in [0, 0.1) is 29.6 Å². The quantitative estimate of drug-likeness (QED) is 0.689. The molecule has 0 aliphatic heterocycles. The molecule has 2 saturated carbocycles. The van der Waals surface area contributed by atoms with Gasteiger partial charge in [0.15, 0.2) is 0 Å². The van der Waals surface area contributed by atoms with Gasteiger partial charge in [-0.2, -0.15) is 0 Å². The molecule has 0 aromatic heterocycles. The summed E-state index contributed by atoms with van der Waals surface area (Å²) in [5.41, 5.74) is 0. The molecular formula is C14H24O. The van der Waals surface area contributed by atoms with Crippen LogP contribution in [0.1, 0.15) is 52.9 Å². The van der Waals surface area contributed by atoms with Gasteiger partial charge < -0.3 is 0 Å². The van der Waals surface area contributed by atoms with E-state index < -0.39 is 0 Å². The number of hydrogen-bond donors (Lipinski definition) is 0. The Labute approximate surface area is 93.6 Å². The zero-order valence-electron chi connectivity index (χ0n) is 10.3. The van der Waals surface area contributed by atoms with E-state index in [4.69, 9.17) is 0 Å². The normalized spacial score (nSPS) is 36.1. The highest BCUT2D eigenvalue weighted by Gasteiger charge is 2.40. The topological polar surface area (TPSA) is 17.1 Å². The minimum atomic E-state index is 0.268. The summed E-state index contributed by atoms with van der Waals surface area (Å²) in [7, 11) is 0. The van der Waals surface area contributed by atoms with E-state index in [1.165, 1.54) is 25.7 Å². The van der Waals surface area contributed by atoms with Crippen molar-refractivity contribution < 1.29 is 4.79 Å². The molecule has 4 unspecified atom stereocenters. The fraction of sp³-hybridized carbons (Fsp3) is 0.929. The summed E-state index contributed by atoms with van der Waals surface area (Å²) in [6.07, 6.45) is 6.49. The number of Topliss-reactive ketones (excluding diaryl/α,β-unsaturated/α-hetero) is 1. The molecule has 0 amide bonds. The zero-order chi connectivity index (χ0) is 11.0. The lowest BCUT2D eigenvalue weighted by Crippen LogP contribution is -2.22. The number of carbonyl (C=O) groups excluding carboxylic acids is 1. The highest BCUT2D eigenvalue weighted by atomic mass is 16.1. The average molecular weight is 208 g/mol. The lowest BCUT2D eigenvalue weighted by Gasteiger charge is -2.23. The van der Waals surface area contributed by atoms with E-state index in [2.05, 4.69) is 20.8 Å². The van der Waals surface area contributed by atoms with Gasteiger partial charge in [0, 0.05) is 12.3 Å². The molecule has 2 aliphatic carbocycles. The Morgan fingerprint density at radius 1 is 1.20 bits per heavy atom. The second-order valence-corrected chi connectivity index (χ2v) is 6.14. The maximum Gasteiger partial charge on any atom is 0.136 e. The Balaban J connectivity index is 1.85. The van der Waals surface area contributed by atoms with E-state index in [0.29, 0.717) is 11.7 Å². The molecular weight excluding hydrogens is 184 g/mol. The van der Waals surface area contributed by atoms with Gasteiger partial charge in [0.25, 0.3) is 0 Å². The van der Waals surface area contributed by atoms with Crippen LogP contribution in [0.2, 0.25) is 0 Å². The van der Waals surface area contributed by atoms with Gasteiger partial charge in [-0.25, -0.2) is 0 Å². The molecule has 4 atom stereocenters. The van der Waals surface area contributed by atoms with Crippen molar-refractivity contribution in [2.75, 3.05) is 0 Å². The molecule has 0 spiro atoms. The predicted octanol–water partition coefficient (Wildman–Crippen LogP) is 3.67. The van der Waals surface area contributed by atoms with Crippen LogP contribution in [-0.4, -0.2) is 5.78 Å². The van der Waals surface area contributed by atoms with Crippen LogP contribution in [-0.2, 0) is 4.79 Å². The Kier molecular flexibility index (Phi) is 3.18. The van der Waals surface area contributed by atoms with E-state index in [1.54, 1.807) is 0 Å². The Morgan fingerprint density at radius 2 is 1.93 bits per heavy atom. The van der Waals surface area contributed by atoms with Gasteiger partial charge >= 0.3 is 0 Å². The minimum absolute atomic E-state index is 0.268. The molecule has 0 heterocycles. The van der Waals surface area contributed by atoms with Gasteiger partial charge in [-0.3, -0.25) is 4.79 Å². The second-order valence-electron chi connectivity index (χ2n) is 6.14. The SMILES string of the molecule is CC(C)C(C)C(=O)CC1CC2CCC1C2. The van der Waals surface area contributed by atoms with Gasteiger partial charge in [-0.05, 0) is 42.9 Å². The maximum absolute atomic E-state index is 12.0. The van der Waals surface area contributed by atoms with Gasteiger partial charge in [0.2, 0.25) is 0 Å². The van der Waals surface area contributed by atoms with Crippen LogP contribution in [0.5, 0.6) is 0 Å². The fourth-order valence-corrected chi connectivity index (χ4v) is 3.44. The third-order valence-electron chi connectivity index (χ3n) is 4.86. The summed E-state index contributed by atoms with van der Waals surface area (Å²) < 4.78 is 0. The molecule has 1 nitrogen and oxygen atoms in total. The number of fused-ring (bicyclic) bond motifs is 2. The largest absolute Gasteiger partial charge is 0.299 e. The third-order valence-corrected chi connectivity index (χ3v) is 4.86. The van der Waals surface area contributed by atoms with Crippen LogP contribution < -0.4 is 0 Å². The van der Waals surface area contributed by atoms with Crippen LogP contribution in [0.4, 0.5) is 0 Å². The molecule has 0 radical (unpaired) electrons. The Hall–Kier alpha value is -0.330. The Bertz CT molecular complexity index is 244. The van der Waals surface area contributed by atoms with Gasteiger partial charge in [-0.1, -0.05) is 27.2 Å². The predicted molar refractivity (Wildman–Crippen MR) is 62.6 cm³/mol. The van der Waals surface area contributed by atoms with Crippen LogP contribution in [0.3, 0.4) is 0 Å². The summed E-state index contributed by atoms with van der Waals surface area (Å²) in [4.78, 5) is 12.0. The Morgan fingerprint density at radius 3 is 2.40 bits per heavy atom. The molecule has 1 heteroatoms. The average Bonchev–Trinajstić information content (AvgIpc) is 2.77. The lowest BCUT2D eigenvalue weighted by atomic mass is 9.81. The number of ketones is 1. The summed E-state index contributed by atoms with van der Waals surface area (Å²) >= 11 is 0. The van der Waals surface area contributed by atoms with Gasteiger partial charge in [0.05, 0.1) is 0 Å². The van der Waals surface area contributed by atoms with Crippen molar-refractivity contribution in [2.24, 2.45) is 29.6 Å². The first-order valence-electron chi connectivity index (χ1n) is 6.60. The van der Waals surface area contributed by atoms with E-state index in [9.17, 15) is 4.79 Å². The molecule has 0 N–H and O–H groups in total. The molecule has 2 fully saturated rings. The van der Waals surface area contributed by atoms with Crippen molar-refractivity contribution in [2.45, 2.75) is 52.9 Å². The zero-order valence-corrected chi connectivity index (χ0v) is 10.3. The molecule has 0 aromatic rings. The first-order valence-corrected chi connectivity index (χ1v) is 6.60. The number of hydrogen-bond acceptors (Lipinski definition) is 1. The van der Waals surface area contributed by atoms with Crippen molar-refractivity contribution in [3.8, 4) is 0 Å². The molecule has 0 saturated heterocycles. The van der Waals surface area contributed by atoms with Crippen LogP contribution >= 0.6 is 0 Å². The van der Waals surface area contributed by atoms with Crippen LogP contribution in [0.25, 0.3) is 0 Å². The van der Waals surface area contributed by atoms with Gasteiger partial charge in [-0.15, -0.1) is 0 Å². The van der Waals surface area contributed by atoms with Crippen molar-refractivity contribution in [1.82, 2.24) is 0 Å². The molecule has 0 aromatic carbocycles. The molecule has 86 valence electrons. The summed E-state index contributed by atoms with van der Waals surface area (Å²) in [6, 6.07) is 0. The molecule has 2 bridgehead atoms. The summed E-state index contributed by atoms with van der Waals surface area (Å²) in [5, 5.41) is 0. The number of carbonyl (C=O) groups is 1. The monoisotopic (exact) mass is 208 g/mol. The number of rotatable bonds is 4. The van der Waals surface area contributed by atoms with Crippen LogP contribution in [0.15, 0.2) is 0 Å². The first kappa shape index (κ1) is 11.2. The van der Waals surface area contributed by atoms with E-state index in [0.717, 1.165) is 24.2 Å². The maximum atomic E-state index is 12.0. The summed E-state index contributed by atoms with van der Waals surface area (Å²) in [5.74, 6) is 3.92. The standard InChI is InChI=1S/C14H24O/c1-9(2)10(3)14(15)8-13-7-11-4-5-12(13)6-11/h9-13H,4-8H2,1-3H3. The highest BCUT2D eigenvalue weighted by molar-refractivity contribution is 5.81. The van der Waals surface area contributed by atoms with Crippen molar-refractivity contribution >= 4 is 5.78 Å². The minimum Gasteiger partial charge on any atom is -0.299 e. The van der Waals surface area contributed by atoms with Crippen molar-refractivity contribution in [1.29, 1.82) is 0 Å². The van der Waals surface area contributed by atoms with E-state index in [1.807, 2.05) is 0 Å². The lowest BCUT2D eigenvalue weighted by molar-refractivity contribution is -0.124. The highest BCUT2D eigenvalue weighted by Crippen LogP contribution is 2.49. The van der Waals surface area contributed by atoms with E-state index >= 15 is 0 Å². The van der Waals surface area contributed by atoms with Gasteiger partial charge in [0.1, 0.15) is 5.78 Å². The molecule has 2 rings (SSSR count). The second kappa shape index (κ2) is 4.27.